The van der Waals surface area contributed by atoms with Crippen LogP contribution in [0.1, 0.15) is 66.8 Å². The third kappa shape index (κ3) is 17.2. The molecule has 4 amide bonds. The Hall–Kier alpha value is -4.01. The van der Waals surface area contributed by atoms with Crippen LogP contribution < -0.4 is 20.9 Å². The van der Waals surface area contributed by atoms with Gasteiger partial charge in [0.1, 0.15) is 20.7 Å². The second kappa shape index (κ2) is 24.7. The van der Waals surface area contributed by atoms with Crippen LogP contribution in [-0.4, -0.2) is 86.4 Å². The van der Waals surface area contributed by atoms with Crippen LogP contribution >= 0.6 is 67.1 Å². The normalized spacial score (nSPS) is 18.9. The third-order valence-electron chi connectivity index (χ3n) is 7.81. The molecule has 0 spiro atoms. The fourth-order valence-electron chi connectivity index (χ4n) is 5.15. The molecule has 57 heavy (non-hydrogen) atoms. The van der Waals surface area contributed by atoms with E-state index < -0.39 is 0 Å². The summed E-state index contributed by atoms with van der Waals surface area (Å²) < 4.78 is 1.37. The van der Waals surface area contributed by atoms with E-state index in [2.05, 4.69) is 67.7 Å². The molecule has 5 fully saturated rings. The zero-order valence-corrected chi connectivity index (χ0v) is 36.2. The minimum absolute atomic E-state index is 0.0185. The predicted molar refractivity (Wildman–Crippen MR) is 232 cm³/mol. The van der Waals surface area contributed by atoms with Crippen molar-refractivity contribution in [1.82, 2.24) is 30.9 Å². The van der Waals surface area contributed by atoms with E-state index in [-0.39, 0.29) is 39.6 Å². The Morgan fingerprint density at radius 2 is 1.14 bits per heavy atom. The molecule has 14 nitrogen and oxygen atoms in total. The summed E-state index contributed by atoms with van der Waals surface area (Å²) in [6.45, 7) is 4.56. The number of aromatic nitrogens is 3. The number of hydrogen-bond donors (Lipinski definition) is 3. The van der Waals surface area contributed by atoms with Crippen molar-refractivity contribution in [3.63, 3.8) is 0 Å². The second-order valence-electron chi connectivity index (χ2n) is 12.2. The maximum absolute atomic E-state index is 11.5. The van der Waals surface area contributed by atoms with E-state index in [1.54, 1.807) is 42.5 Å². The van der Waals surface area contributed by atoms with Crippen molar-refractivity contribution in [2.24, 2.45) is 0 Å². The summed E-state index contributed by atoms with van der Waals surface area (Å²) in [6, 6.07) is 16.3. The smallest absolute Gasteiger partial charge is 0.290 e. The quantitative estimate of drug-likeness (QED) is 0.103. The first-order chi connectivity index (χ1) is 27.5. The van der Waals surface area contributed by atoms with Gasteiger partial charge in [0.05, 0.1) is 33.4 Å². The average molecular weight is 962 g/mol. The lowest BCUT2D eigenvalue weighted by atomic mass is 10.1. The number of nitrogens with one attached hydrogen (secondary N) is 3. The van der Waals surface area contributed by atoms with Gasteiger partial charge >= 0.3 is 0 Å². The van der Waals surface area contributed by atoms with Gasteiger partial charge in [0.25, 0.3) is 22.3 Å². The molecule has 8 heterocycles. The van der Waals surface area contributed by atoms with Crippen LogP contribution in [0.3, 0.4) is 0 Å². The summed E-state index contributed by atoms with van der Waals surface area (Å²) in [6.07, 6.45) is 12.0. The summed E-state index contributed by atoms with van der Waals surface area (Å²) in [5, 5.41) is 7.05. The predicted octanol–water partition coefficient (Wildman–Crippen LogP) is 7.20. The molecule has 0 aromatic carbocycles. The first kappa shape index (κ1) is 45.7. The van der Waals surface area contributed by atoms with Gasteiger partial charge in [-0.25, -0.2) is 15.0 Å². The minimum Gasteiger partial charge on any atom is -0.357 e. The summed E-state index contributed by atoms with van der Waals surface area (Å²) in [5.41, 5.74) is 1.79. The van der Waals surface area contributed by atoms with E-state index in [0.29, 0.717) is 48.1 Å². The number of hydrogen-bond acceptors (Lipinski definition) is 15. The van der Waals surface area contributed by atoms with Gasteiger partial charge in [-0.1, -0.05) is 36.4 Å². The Morgan fingerprint density at radius 3 is 1.53 bits per heavy atom. The number of halogens is 2. The molecule has 3 aromatic rings. The van der Waals surface area contributed by atoms with Crippen molar-refractivity contribution >= 4 is 125 Å². The van der Waals surface area contributed by atoms with Gasteiger partial charge in [0.2, 0.25) is 0 Å². The molecular formula is C38H39Br2N7O7S3. The monoisotopic (exact) mass is 959 g/mol. The number of anilines is 1. The van der Waals surface area contributed by atoms with Gasteiger partial charge in [-0.15, -0.1) is 0 Å². The lowest BCUT2D eigenvalue weighted by Crippen LogP contribution is -2.30. The Kier molecular flexibility index (Phi) is 19.8. The Morgan fingerprint density at radius 1 is 0.632 bits per heavy atom. The van der Waals surface area contributed by atoms with E-state index >= 15 is 0 Å². The first-order valence-corrected chi connectivity index (χ1v) is 22.0. The molecule has 3 N–H and O–H groups in total. The topological polar surface area (TPSA) is 197 Å². The number of imide groups is 2. The third-order valence-corrected chi connectivity index (χ3v) is 11.3. The van der Waals surface area contributed by atoms with E-state index in [0.717, 1.165) is 54.2 Å². The number of ketones is 1. The van der Waals surface area contributed by atoms with Gasteiger partial charge in [0.15, 0.2) is 17.2 Å². The Balaban J connectivity index is 0.000000170. The molecular weight excluding hydrogens is 922 g/mol. The number of carbonyl (C=O) groups excluding carboxylic acids is 7. The van der Waals surface area contributed by atoms with Crippen LogP contribution in [0.5, 0.6) is 0 Å². The van der Waals surface area contributed by atoms with Crippen molar-refractivity contribution in [2.45, 2.75) is 44.9 Å². The van der Waals surface area contributed by atoms with Crippen LogP contribution in [-0.2, 0) is 19.2 Å². The second-order valence-corrected chi connectivity index (χ2v) is 16.9. The number of nitrogens with zero attached hydrogens (tertiary/aromatic N) is 4. The molecule has 0 unspecified atom stereocenters. The molecule has 0 bridgehead atoms. The summed E-state index contributed by atoms with van der Waals surface area (Å²) in [4.78, 5) is 90.8. The number of pyridine rings is 3. The molecule has 8 rings (SSSR count). The highest BCUT2D eigenvalue weighted by Crippen LogP contribution is 2.27. The zero-order valence-electron chi connectivity index (χ0n) is 30.5. The maximum atomic E-state index is 11.5. The van der Waals surface area contributed by atoms with Gasteiger partial charge in [-0.05, 0) is 149 Å². The molecule has 0 atom stereocenters. The fourth-order valence-corrected chi connectivity index (χ4v) is 7.89. The number of thioether (sulfide) groups is 3. The summed E-state index contributed by atoms with van der Waals surface area (Å²) in [5.74, 6) is 0.694. The highest BCUT2D eigenvalue weighted by Gasteiger charge is 2.26. The fraction of sp³-hybridized carbons (Fsp3) is 0.316. The Bertz CT molecular complexity index is 1980. The number of rotatable bonds is 4. The number of amides is 4. The number of aldehydes is 1. The van der Waals surface area contributed by atoms with Crippen molar-refractivity contribution in [3.8, 4) is 0 Å². The Labute approximate surface area is 359 Å². The zero-order chi connectivity index (χ0) is 41.0. The standard InChI is InChI=1S/C14H15N3O2S.C9H5BrN2O2S.C6H4BrNO.C5H11N.C4H4O2S/c18-13-11(20-14(19)16-13)9-10-5-4-6-12(15-10)17-7-2-1-3-8-17;10-7-3-1-2-5(11-7)4-6-8(13)12-9(14)15-6;7-6-3-1-2-5(4-9)8-6;1-2-4-6-5-3-1;5-3-1-4(6)7-2-3/h4-6,9H,1-3,7-8H2,(H,16,18,19);1-4H,(H,12,13,14);1-4H;6H,1-5H2;1-2H2/b11-9-;6-4-;;;. The van der Waals surface area contributed by atoms with E-state index in [1.807, 2.05) is 24.3 Å². The lowest BCUT2D eigenvalue weighted by Gasteiger charge is -2.27. The van der Waals surface area contributed by atoms with Crippen molar-refractivity contribution in [1.29, 1.82) is 0 Å². The highest BCUT2D eigenvalue weighted by molar-refractivity contribution is 9.10. The minimum atomic E-state index is -0.369. The van der Waals surface area contributed by atoms with Crippen molar-refractivity contribution in [3.05, 3.63) is 90.7 Å². The van der Waals surface area contributed by atoms with Crippen molar-refractivity contribution in [2.75, 3.05) is 36.8 Å². The van der Waals surface area contributed by atoms with E-state index in [4.69, 9.17) is 0 Å². The van der Waals surface area contributed by atoms with Crippen LogP contribution in [0.4, 0.5) is 15.4 Å². The molecule has 5 saturated heterocycles. The number of piperidine rings is 2. The van der Waals surface area contributed by atoms with Crippen LogP contribution in [0.15, 0.2) is 73.6 Å². The van der Waals surface area contributed by atoms with Crippen LogP contribution in [0.2, 0.25) is 0 Å². The summed E-state index contributed by atoms with van der Waals surface area (Å²) in [7, 11) is 0. The molecule has 3 aromatic heterocycles. The first-order valence-electron chi connectivity index (χ1n) is 17.8. The van der Waals surface area contributed by atoms with Crippen LogP contribution in [0.25, 0.3) is 12.2 Å². The molecule has 0 saturated carbocycles. The average Bonchev–Trinajstić information content (AvgIpc) is 3.87. The van der Waals surface area contributed by atoms with E-state index in [1.165, 1.54) is 51.6 Å². The van der Waals surface area contributed by atoms with Crippen molar-refractivity contribution < 1.29 is 33.6 Å². The molecule has 19 heteroatoms. The van der Waals surface area contributed by atoms with Gasteiger partial charge in [-0.2, -0.15) is 0 Å². The largest absolute Gasteiger partial charge is 0.357 e. The van der Waals surface area contributed by atoms with Gasteiger partial charge in [-0.3, -0.25) is 44.2 Å². The maximum Gasteiger partial charge on any atom is 0.290 e. The SMILES string of the molecule is C1CCNCC1.O=C1CSC(=O)C1.O=C1NC(=O)/C(=C/c2cccc(Br)n2)S1.O=C1NC(=O)/C(=C/c2cccc(N3CCCCC3)n2)S1.O=Cc1cccc(Br)n1. The molecule has 5 aliphatic heterocycles. The van der Waals surface area contributed by atoms with Gasteiger partial charge in [0, 0.05) is 13.1 Å². The van der Waals surface area contributed by atoms with Crippen LogP contribution in [0, 0.1) is 0 Å². The lowest BCUT2D eigenvalue weighted by molar-refractivity contribution is -0.120. The molecule has 5 aliphatic rings. The molecule has 0 aliphatic carbocycles. The molecule has 0 radical (unpaired) electrons. The van der Waals surface area contributed by atoms with Gasteiger partial charge < -0.3 is 10.2 Å². The summed E-state index contributed by atoms with van der Waals surface area (Å²) >= 11 is 9.27. The van der Waals surface area contributed by atoms with E-state index in [9.17, 15) is 33.6 Å². The highest BCUT2D eigenvalue weighted by atomic mass is 79.9. The number of carbonyl (C=O) groups is 7. The molecule has 300 valence electrons. The number of Topliss-reactive ketones (excluding diaryl/α,β-unsaturated/α-hetero) is 1.